The molecule has 0 aliphatic rings. The Bertz CT molecular complexity index is 681. The minimum Gasteiger partial charge on any atom is -0.339 e. The third-order valence-electron chi connectivity index (χ3n) is 2.94. The van der Waals surface area contributed by atoms with Gasteiger partial charge in [-0.3, -0.25) is 0 Å². The highest BCUT2D eigenvalue weighted by molar-refractivity contribution is 9.11. The summed E-state index contributed by atoms with van der Waals surface area (Å²) in [6.45, 7) is 8.10. The van der Waals surface area contributed by atoms with Crippen molar-refractivity contribution in [2.75, 3.05) is 5.32 Å². The quantitative estimate of drug-likeness (QED) is 0.590. The Hall–Kier alpha value is -0.650. The Balaban J connectivity index is 2.46. The number of halogens is 3. The molecule has 2 aromatic rings. The summed E-state index contributed by atoms with van der Waals surface area (Å²) in [5.41, 5.74) is 1.60. The fourth-order valence-electron chi connectivity index (χ4n) is 1.66. The molecule has 0 radical (unpaired) electrons. The molecule has 0 amide bonds. The van der Waals surface area contributed by atoms with Crippen molar-refractivity contribution in [2.24, 2.45) is 0 Å². The van der Waals surface area contributed by atoms with Gasteiger partial charge in [-0.15, -0.1) is 0 Å². The maximum atomic E-state index is 6.25. The molecule has 1 aromatic carbocycles. The molecule has 3 nitrogen and oxygen atoms in total. The molecule has 21 heavy (non-hydrogen) atoms. The van der Waals surface area contributed by atoms with Crippen LogP contribution in [0.15, 0.2) is 27.1 Å². The summed E-state index contributed by atoms with van der Waals surface area (Å²) >= 11 is 13.2. The SMILES string of the molecule is Cc1c(Cl)nc(C(C)(C)C)nc1Nc1ccc(Br)cc1Br. The molecule has 1 N–H and O–H groups in total. The van der Waals surface area contributed by atoms with Crippen molar-refractivity contribution in [2.45, 2.75) is 33.1 Å². The van der Waals surface area contributed by atoms with Crippen LogP contribution in [0.1, 0.15) is 32.2 Å². The highest BCUT2D eigenvalue weighted by atomic mass is 79.9. The fraction of sp³-hybridized carbons (Fsp3) is 0.333. The number of nitrogens with zero attached hydrogens (tertiary/aromatic N) is 2. The molecule has 0 bridgehead atoms. The average molecular weight is 434 g/mol. The summed E-state index contributed by atoms with van der Waals surface area (Å²) in [4.78, 5) is 9.00. The van der Waals surface area contributed by atoms with Gasteiger partial charge in [-0.05, 0) is 41.1 Å². The third kappa shape index (κ3) is 3.96. The Kier molecular flexibility index (Phi) is 4.96. The van der Waals surface area contributed by atoms with Crippen molar-refractivity contribution in [3.63, 3.8) is 0 Å². The van der Waals surface area contributed by atoms with Gasteiger partial charge < -0.3 is 5.32 Å². The highest BCUT2D eigenvalue weighted by Gasteiger charge is 2.21. The number of aromatic nitrogens is 2. The predicted octanol–water partition coefficient (Wildman–Crippen LogP) is 6.00. The molecule has 112 valence electrons. The van der Waals surface area contributed by atoms with Crippen molar-refractivity contribution in [1.29, 1.82) is 0 Å². The second kappa shape index (κ2) is 6.23. The lowest BCUT2D eigenvalue weighted by atomic mass is 9.95. The van der Waals surface area contributed by atoms with E-state index in [1.165, 1.54) is 0 Å². The molecular formula is C15H16Br2ClN3. The highest BCUT2D eigenvalue weighted by Crippen LogP contribution is 2.32. The van der Waals surface area contributed by atoms with Gasteiger partial charge in [0.05, 0.1) is 5.69 Å². The first-order chi connectivity index (χ1) is 9.68. The van der Waals surface area contributed by atoms with Crippen molar-refractivity contribution >= 4 is 55.0 Å². The monoisotopic (exact) mass is 431 g/mol. The average Bonchev–Trinajstić information content (AvgIpc) is 2.36. The van der Waals surface area contributed by atoms with Crippen LogP contribution in [0.2, 0.25) is 5.15 Å². The van der Waals surface area contributed by atoms with Crippen molar-refractivity contribution < 1.29 is 0 Å². The summed E-state index contributed by atoms with van der Waals surface area (Å²) in [5.74, 6) is 1.44. The van der Waals surface area contributed by atoms with Gasteiger partial charge >= 0.3 is 0 Å². The van der Waals surface area contributed by atoms with Crippen LogP contribution in [0, 0.1) is 6.92 Å². The molecule has 0 saturated heterocycles. The van der Waals surface area contributed by atoms with E-state index in [-0.39, 0.29) is 5.41 Å². The number of rotatable bonds is 2. The van der Waals surface area contributed by atoms with Crippen LogP contribution >= 0.6 is 43.5 Å². The van der Waals surface area contributed by atoms with Crippen LogP contribution < -0.4 is 5.32 Å². The summed E-state index contributed by atoms with van der Waals surface area (Å²) < 4.78 is 1.95. The summed E-state index contributed by atoms with van der Waals surface area (Å²) in [5, 5.41) is 3.80. The molecule has 0 aliphatic carbocycles. The van der Waals surface area contributed by atoms with Crippen LogP contribution in [-0.2, 0) is 5.41 Å². The molecule has 2 rings (SSSR count). The fourth-order valence-corrected chi connectivity index (χ4v) is 2.98. The van der Waals surface area contributed by atoms with E-state index in [0.29, 0.717) is 11.0 Å². The van der Waals surface area contributed by atoms with E-state index in [0.717, 1.165) is 26.0 Å². The van der Waals surface area contributed by atoms with Crippen molar-refractivity contribution in [3.8, 4) is 0 Å². The van der Waals surface area contributed by atoms with E-state index in [1.807, 2.05) is 25.1 Å². The Morgan fingerprint density at radius 1 is 1.14 bits per heavy atom. The normalized spacial score (nSPS) is 11.6. The molecule has 0 aliphatic heterocycles. The molecule has 0 spiro atoms. The Morgan fingerprint density at radius 3 is 2.38 bits per heavy atom. The molecule has 1 aromatic heterocycles. The molecular weight excluding hydrogens is 417 g/mol. The standard InChI is InChI=1S/C15H16Br2ClN3/c1-8-12(18)20-14(15(2,3)4)21-13(8)19-11-6-5-9(16)7-10(11)17/h5-7H,1-4H3,(H,19,20,21). The molecule has 6 heteroatoms. The van der Waals surface area contributed by atoms with E-state index < -0.39 is 0 Å². The van der Waals surface area contributed by atoms with Gasteiger partial charge in [0.2, 0.25) is 0 Å². The lowest BCUT2D eigenvalue weighted by Crippen LogP contribution is -2.17. The third-order valence-corrected chi connectivity index (χ3v) is 4.46. The molecule has 1 heterocycles. The van der Waals surface area contributed by atoms with Crippen LogP contribution in [0.4, 0.5) is 11.5 Å². The zero-order valence-electron chi connectivity index (χ0n) is 12.3. The zero-order chi connectivity index (χ0) is 15.8. The summed E-state index contributed by atoms with van der Waals surface area (Å²) in [7, 11) is 0. The lowest BCUT2D eigenvalue weighted by Gasteiger charge is -2.19. The topological polar surface area (TPSA) is 37.8 Å². The maximum Gasteiger partial charge on any atom is 0.138 e. The Labute approximate surface area is 146 Å². The number of nitrogens with one attached hydrogen (secondary N) is 1. The lowest BCUT2D eigenvalue weighted by molar-refractivity contribution is 0.545. The molecule has 0 saturated carbocycles. The van der Waals surface area contributed by atoms with Gasteiger partial charge in [-0.25, -0.2) is 9.97 Å². The number of hydrogen-bond acceptors (Lipinski definition) is 3. The number of anilines is 2. The largest absolute Gasteiger partial charge is 0.339 e. The van der Waals surface area contributed by atoms with E-state index >= 15 is 0 Å². The van der Waals surface area contributed by atoms with Gasteiger partial charge in [0.15, 0.2) is 0 Å². The smallest absolute Gasteiger partial charge is 0.138 e. The van der Waals surface area contributed by atoms with Crippen molar-refractivity contribution in [3.05, 3.63) is 43.7 Å². The van der Waals surface area contributed by atoms with E-state index in [4.69, 9.17) is 11.6 Å². The van der Waals surface area contributed by atoms with Crippen LogP contribution in [0.5, 0.6) is 0 Å². The number of hydrogen-bond donors (Lipinski definition) is 1. The minimum atomic E-state index is -0.162. The first-order valence-corrected chi connectivity index (χ1v) is 8.41. The molecule has 0 fully saturated rings. The first kappa shape index (κ1) is 16.7. The second-order valence-corrected chi connectivity index (χ2v) is 7.94. The Morgan fingerprint density at radius 2 is 1.81 bits per heavy atom. The molecule has 0 atom stereocenters. The second-order valence-electron chi connectivity index (χ2n) is 5.81. The van der Waals surface area contributed by atoms with Gasteiger partial charge in [0.25, 0.3) is 0 Å². The van der Waals surface area contributed by atoms with Crippen LogP contribution in [0.3, 0.4) is 0 Å². The van der Waals surface area contributed by atoms with E-state index in [9.17, 15) is 0 Å². The van der Waals surface area contributed by atoms with Gasteiger partial charge in [0, 0.05) is 19.9 Å². The summed E-state index contributed by atoms with van der Waals surface area (Å²) in [6.07, 6.45) is 0. The predicted molar refractivity (Wildman–Crippen MR) is 95.6 cm³/mol. The van der Waals surface area contributed by atoms with Crippen LogP contribution in [-0.4, -0.2) is 9.97 Å². The van der Waals surface area contributed by atoms with Crippen molar-refractivity contribution in [1.82, 2.24) is 9.97 Å². The minimum absolute atomic E-state index is 0.162. The first-order valence-electron chi connectivity index (χ1n) is 6.45. The van der Waals surface area contributed by atoms with Gasteiger partial charge in [-0.2, -0.15) is 0 Å². The maximum absolute atomic E-state index is 6.25. The zero-order valence-corrected chi connectivity index (χ0v) is 16.2. The molecule has 0 unspecified atom stereocenters. The van der Waals surface area contributed by atoms with Gasteiger partial charge in [-0.1, -0.05) is 48.3 Å². The van der Waals surface area contributed by atoms with Crippen LogP contribution in [0.25, 0.3) is 0 Å². The van der Waals surface area contributed by atoms with E-state index in [1.54, 1.807) is 0 Å². The van der Waals surface area contributed by atoms with E-state index in [2.05, 4.69) is 67.9 Å². The van der Waals surface area contributed by atoms with Gasteiger partial charge in [0.1, 0.15) is 16.8 Å². The summed E-state index contributed by atoms with van der Waals surface area (Å²) in [6, 6.07) is 5.92. The number of benzene rings is 1.